The number of aromatic nitrogens is 2. The minimum atomic E-state index is 0.0631. The molecule has 27 heavy (non-hydrogen) atoms. The zero-order valence-electron chi connectivity index (χ0n) is 14.9. The summed E-state index contributed by atoms with van der Waals surface area (Å²) in [5.41, 5.74) is 3.63. The number of piperidine rings is 1. The number of pyridine rings is 2. The fourth-order valence-corrected chi connectivity index (χ4v) is 3.76. The van der Waals surface area contributed by atoms with Crippen LogP contribution in [0.25, 0.3) is 11.3 Å². The van der Waals surface area contributed by atoms with Crippen LogP contribution in [0.1, 0.15) is 34.8 Å². The van der Waals surface area contributed by atoms with Crippen LogP contribution < -0.4 is 0 Å². The van der Waals surface area contributed by atoms with Gasteiger partial charge in [0.05, 0.1) is 5.69 Å². The average Bonchev–Trinajstić information content (AvgIpc) is 2.74. The maximum absolute atomic E-state index is 12.8. The molecule has 1 fully saturated rings. The molecule has 1 atom stereocenters. The maximum Gasteiger partial charge on any atom is 0.253 e. The monoisotopic (exact) mass is 377 g/mol. The highest BCUT2D eigenvalue weighted by atomic mass is 35.5. The number of benzene rings is 1. The number of nitrogens with zero attached hydrogens (tertiary/aromatic N) is 3. The third-order valence-electron chi connectivity index (χ3n) is 4.95. The van der Waals surface area contributed by atoms with Crippen molar-refractivity contribution < 1.29 is 4.79 Å². The minimum Gasteiger partial charge on any atom is -0.338 e. The smallest absolute Gasteiger partial charge is 0.253 e. The summed E-state index contributed by atoms with van der Waals surface area (Å²) in [7, 11) is 0. The van der Waals surface area contributed by atoms with Crippen LogP contribution in [0.15, 0.2) is 67.0 Å². The molecule has 4 rings (SSSR count). The fraction of sp³-hybridized carbons (Fsp3) is 0.227. The van der Waals surface area contributed by atoms with Gasteiger partial charge in [0, 0.05) is 53.2 Å². The van der Waals surface area contributed by atoms with Gasteiger partial charge < -0.3 is 4.90 Å². The first-order valence-electron chi connectivity index (χ1n) is 9.13. The summed E-state index contributed by atoms with van der Waals surface area (Å²) in [6.45, 7) is 1.47. The van der Waals surface area contributed by atoms with Gasteiger partial charge in [-0.2, -0.15) is 0 Å². The summed E-state index contributed by atoms with van der Waals surface area (Å²) in [5, 5.41) is 0.700. The van der Waals surface area contributed by atoms with Crippen LogP contribution in [0, 0.1) is 0 Å². The number of likely N-dealkylation sites (tertiary alicyclic amines) is 1. The van der Waals surface area contributed by atoms with Gasteiger partial charge in [-0.25, -0.2) is 0 Å². The summed E-state index contributed by atoms with van der Waals surface area (Å²) in [4.78, 5) is 23.6. The lowest BCUT2D eigenvalue weighted by Gasteiger charge is -2.32. The van der Waals surface area contributed by atoms with Gasteiger partial charge in [0.2, 0.25) is 0 Å². The Balaban J connectivity index is 1.55. The van der Waals surface area contributed by atoms with E-state index in [1.807, 2.05) is 41.3 Å². The molecule has 2 aromatic heterocycles. The van der Waals surface area contributed by atoms with Crippen LogP contribution in [0.2, 0.25) is 5.02 Å². The Bertz CT molecular complexity index is 945. The minimum absolute atomic E-state index is 0.0631. The van der Waals surface area contributed by atoms with Gasteiger partial charge >= 0.3 is 0 Å². The van der Waals surface area contributed by atoms with E-state index < -0.39 is 0 Å². The molecule has 1 amide bonds. The highest BCUT2D eigenvalue weighted by Gasteiger charge is 2.26. The first-order valence-corrected chi connectivity index (χ1v) is 9.51. The second kappa shape index (κ2) is 7.89. The van der Waals surface area contributed by atoms with E-state index in [0.717, 1.165) is 36.3 Å². The molecule has 3 heterocycles. The van der Waals surface area contributed by atoms with Crippen molar-refractivity contribution >= 4 is 17.5 Å². The molecular weight excluding hydrogens is 358 g/mol. The number of halogens is 1. The van der Waals surface area contributed by atoms with E-state index in [4.69, 9.17) is 16.6 Å². The summed E-state index contributed by atoms with van der Waals surface area (Å²) >= 11 is 6.12. The third-order valence-corrected chi connectivity index (χ3v) is 5.18. The van der Waals surface area contributed by atoms with E-state index in [1.165, 1.54) is 0 Å². The van der Waals surface area contributed by atoms with Gasteiger partial charge in [0.25, 0.3) is 5.91 Å². The molecule has 1 unspecified atom stereocenters. The van der Waals surface area contributed by atoms with Gasteiger partial charge in [0.1, 0.15) is 0 Å². The molecule has 4 nitrogen and oxygen atoms in total. The van der Waals surface area contributed by atoms with Crippen molar-refractivity contribution in [2.75, 3.05) is 13.1 Å². The molecule has 0 N–H and O–H groups in total. The molecule has 0 radical (unpaired) electrons. The zero-order chi connectivity index (χ0) is 18.6. The SMILES string of the molecule is O=C(c1ccncc1)N1CCCC(c2cccc(-c3cccc(Cl)c3)n2)C1. The average molecular weight is 378 g/mol. The van der Waals surface area contributed by atoms with Gasteiger partial charge in [-0.1, -0.05) is 29.8 Å². The van der Waals surface area contributed by atoms with E-state index in [1.54, 1.807) is 24.5 Å². The number of carbonyl (C=O) groups is 1. The quantitative estimate of drug-likeness (QED) is 0.657. The topological polar surface area (TPSA) is 46.1 Å². The highest BCUT2D eigenvalue weighted by Crippen LogP contribution is 2.29. The first-order chi connectivity index (χ1) is 13.2. The van der Waals surface area contributed by atoms with E-state index in [-0.39, 0.29) is 11.8 Å². The second-order valence-corrected chi connectivity index (χ2v) is 7.22. The van der Waals surface area contributed by atoms with Crippen molar-refractivity contribution in [3.63, 3.8) is 0 Å². The van der Waals surface area contributed by atoms with E-state index >= 15 is 0 Å². The molecule has 1 aliphatic rings. The summed E-state index contributed by atoms with van der Waals surface area (Å²) in [6.07, 6.45) is 5.33. The lowest BCUT2D eigenvalue weighted by atomic mass is 9.93. The summed E-state index contributed by atoms with van der Waals surface area (Å²) < 4.78 is 0. The molecule has 0 bridgehead atoms. The standard InChI is InChI=1S/C22H20ClN3O/c23-19-6-1-4-17(14-19)20-7-2-8-21(25-20)18-5-3-13-26(15-18)22(27)16-9-11-24-12-10-16/h1-2,4,6-12,14,18H,3,5,13,15H2. The van der Waals surface area contributed by atoms with E-state index in [0.29, 0.717) is 17.1 Å². The lowest BCUT2D eigenvalue weighted by Crippen LogP contribution is -2.39. The molecule has 5 heteroatoms. The normalized spacial score (nSPS) is 16.9. The maximum atomic E-state index is 12.8. The van der Waals surface area contributed by atoms with Crippen LogP contribution in [0.3, 0.4) is 0 Å². The van der Waals surface area contributed by atoms with Crippen LogP contribution in [-0.4, -0.2) is 33.9 Å². The molecule has 136 valence electrons. The number of carbonyl (C=O) groups excluding carboxylic acids is 1. The Hall–Kier alpha value is -2.72. The van der Waals surface area contributed by atoms with Crippen LogP contribution >= 0.6 is 11.6 Å². The second-order valence-electron chi connectivity index (χ2n) is 6.78. The zero-order valence-corrected chi connectivity index (χ0v) is 15.6. The molecule has 0 aliphatic carbocycles. The van der Waals surface area contributed by atoms with Crippen molar-refractivity contribution in [2.45, 2.75) is 18.8 Å². The Kier molecular flexibility index (Phi) is 5.16. The fourth-order valence-electron chi connectivity index (χ4n) is 3.57. The summed E-state index contributed by atoms with van der Waals surface area (Å²) in [6, 6.07) is 17.3. The Morgan fingerprint density at radius 1 is 1.07 bits per heavy atom. The molecule has 1 saturated heterocycles. The molecular formula is C22H20ClN3O. The van der Waals surface area contributed by atoms with Crippen LogP contribution in [0.5, 0.6) is 0 Å². The van der Waals surface area contributed by atoms with Gasteiger partial charge in [-0.3, -0.25) is 14.8 Å². The van der Waals surface area contributed by atoms with Crippen molar-refractivity contribution in [3.8, 4) is 11.3 Å². The Morgan fingerprint density at radius 3 is 2.70 bits per heavy atom. The van der Waals surface area contributed by atoms with Gasteiger partial charge in [-0.05, 0) is 49.2 Å². The molecule has 0 spiro atoms. The third kappa shape index (κ3) is 4.01. The van der Waals surface area contributed by atoms with Crippen molar-refractivity contribution in [1.29, 1.82) is 0 Å². The highest BCUT2D eigenvalue weighted by molar-refractivity contribution is 6.30. The molecule has 1 aromatic carbocycles. The van der Waals surface area contributed by atoms with Gasteiger partial charge in [-0.15, -0.1) is 0 Å². The Labute approximate surface area is 163 Å². The molecule has 1 aliphatic heterocycles. The van der Waals surface area contributed by atoms with Crippen LogP contribution in [0.4, 0.5) is 0 Å². The first kappa shape index (κ1) is 17.7. The molecule has 3 aromatic rings. The van der Waals surface area contributed by atoms with Crippen molar-refractivity contribution in [3.05, 3.63) is 83.3 Å². The molecule has 0 saturated carbocycles. The van der Waals surface area contributed by atoms with Crippen LogP contribution in [-0.2, 0) is 0 Å². The largest absolute Gasteiger partial charge is 0.338 e. The van der Waals surface area contributed by atoms with Crippen molar-refractivity contribution in [1.82, 2.24) is 14.9 Å². The number of hydrogen-bond donors (Lipinski definition) is 0. The number of rotatable bonds is 3. The number of amides is 1. The lowest BCUT2D eigenvalue weighted by molar-refractivity contribution is 0.0706. The van der Waals surface area contributed by atoms with Gasteiger partial charge in [0.15, 0.2) is 0 Å². The van der Waals surface area contributed by atoms with Crippen molar-refractivity contribution in [2.24, 2.45) is 0 Å². The van der Waals surface area contributed by atoms with E-state index in [9.17, 15) is 4.79 Å². The summed E-state index contributed by atoms with van der Waals surface area (Å²) in [5.74, 6) is 0.303. The Morgan fingerprint density at radius 2 is 1.89 bits per heavy atom. The number of hydrogen-bond acceptors (Lipinski definition) is 3. The van der Waals surface area contributed by atoms with E-state index in [2.05, 4.69) is 11.1 Å². The predicted molar refractivity (Wildman–Crippen MR) is 107 cm³/mol. The predicted octanol–water partition coefficient (Wildman–Crippen LogP) is 4.82.